The van der Waals surface area contributed by atoms with Crippen molar-refractivity contribution in [2.75, 3.05) is 6.61 Å². The smallest absolute Gasteiger partial charge is 0.258 e. The molecule has 0 heterocycles. The van der Waals surface area contributed by atoms with Crippen LogP contribution in [0.25, 0.3) is 0 Å². The fraction of sp³-hybridized carbons (Fsp3) is 0.429. The number of carbonyl (C=O) groups is 2. The van der Waals surface area contributed by atoms with Crippen LogP contribution in [0.2, 0.25) is 5.02 Å². The number of ketones is 1. The van der Waals surface area contributed by atoms with Gasteiger partial charge in [-0.25, -0.2) is 0 Å². The van der Waals surface area contributed by atoms with E-state index < -0.39 is 0 Å². The minimum absolute atomic E-state index is 0.0369. The molecule has 0 aromatic heterocycles. The molecule has 1 amide bonds. The summed E-state index contributed by atoms with van der Waals surface area (Å²) in [6.07, 6.45) is 2.56. The second-order valence-electron chi connectivity index (χ2n) is 4.63. The highest BCUT2D eigenvalue weighted by Gasteiger charge is 2.20. The van der Waals surface area contributed by atoms with Crippen molar-refractivity contribution in [3.05, 3.63) is 29.3 Å². The van der Waals surface area contributed by atoms with E-state index in [1.165, 1.54) is 0 Å². The average Bonchev–Trinajstić information content (AvgIpc) is 2.39. The predicted octanol–water partition coefficient (Wildman–Crippen LogP) is 2.35. The van der Waals surface area contributed by atoms with Gasteiger partial charge in [0.25, 0.3) is 5.91 Å². The zero-order chi connectivity index (χ0) is 13.7. The van der Waals surface area contributed by atoms with E-state index in [4.69, 9.17) is 16.3 Å². The molecule has 1 saturated carbocycles. The van der Waals surface area contributed by atoms with Gasteiger partial charge >= 0.3 is 0 Å². The molecule has 1 aromatic rings. The largest absolute Gasteiger partial charge is 0.484 e. The van der Waals surface area contributed by atoms with E-state index in [2.05, 4.69) is 5.32 Å². The first kappa shape index (κ1) is 13.9. The third-order valence-electron chi connectivity index (χ3n) is 3.07. The second-order valence-corrected chi connectivity index (χ2v) is 5.06. The molecule has 5 heteroatoms. The molecule has 0 unspecified atom stereocenters. The Morgan fingerprint density at radius 1 is 1.37 bits per heavy atom. The Hall–Kier alpha value is -1.55. The molecule has 0 aliphatic heterocycles. The van der Waals surface area contributed by atoms with Gasteiger partial charge in [-0.2, -0.15) is 0 Å². The lowest BCUT2D eigenvalue weighted by Gasteiger charge is -2.22. The van der Waals surface area contributed by atoms with Crippen molar-refractivity contribution >= 4 is 23.3 Å². The number of rotatable bonds is 4. The molecular weight excluding hydrogens is 266 g/mol. The van der Waals surface area contributed by atoms with Crippen LogP contribution < -0.4 is 10.1 Å². The van der Waals surface area contributed by atoms with E-state index in [0.29, 0.717) is 23.6 Å². The zero-order valence-electron chi connectivity index (χ0n) is 10.5. The summed E-state index contributed by atoms with van der Waals surface area (Å²) in [5.74, 6) is 0.682. The number of Topliss-reactive ketones (excluding diaryl/α,β-unsaturated/α-hetero) is 1. The lowest BCUT2D eigenvalue weighted by molar-refractivity contribution is -0.126. The number of benzene rings is 1. The van der Waals surface area contributed by atoms with E-state index in [-0.39, 0.29) is 24.3 Å². The van der Waals surface area contributed by atoms with Crippen LogP contribution in [0.15, 0.2) is 24.3 Å². The fourth-order valence-electron chi connectivity index (χ4n) is 2.06. The van der Waals surface area contributed by atoms with Crippen LogP contribution >= 0.6 is 11.6 Å². The number of halogens is 1. The maximum Gasteiger partial charge on any atom is 0.258 e. The van der Waals surface area contributed by atoms with Crippen LogP contribution in [0, 0.1) is 0 Å². The molecule has 1 aliphatic carbocycles. The normalized spacial score (nSPS) is 16.2. The number of carbonyl (C=O) groups excluding carboxylic acids is 2. The van der Waals surface area contributed by atoms with Crippen molar-refractivity contribution in [1.29, 1.82) is 0 Å². The molecule has 2 rings (SSSR count). The third kappa shape index (κ3) is 4.56. The summed E-state index contributed by atoms with van der Waals surface area (Å²) in [6, 6.07) is 7.01. The molecular formula is C14H16ClNO3. The Morgan fingerprint density at radius 2 is 2.11 bits per heavy atom. The SMILES string of the molecule is O=C1CCC(NC(=O)COc2cccc(Cl)c2)CC1. The highest BCUT2D eigenvalue weighted by atomic mass is 35.5. The standard InChI is InChI=1S/C14H16ClNO3/c15-10-2-1-3-13(8-10)19-9-14(18)16-11-4-6-12(17)7-5-11/h1-3,8,11H,4-7,9H2,(H,16,18). The average molecular weight is 282 g/mol. The molecule has 19 heavy (non-hydrogen) atoms. The number of amides is 1. The molecule has 1 N–H and O–H groups in total. The van der Waals surface area contributed by atoms with Crippen molar-refractivity contribution in [2.45, 2.75) is 31.7 Å². The maximum atomic E-state index is 11.7. The van der Waals surface area contributed by atoms with Crippen molar-refractivity contribution in [2.24, 2.45) is 0 Å². The number of hydrogen-bond acceptors (Lipinski definition) is 3. The number of ether oxygens (including phenoxy) is 1. The number of hydrogen-bond donors (Lipinski definition) is 1. The molecule has 0 saturated heterocycles. The Kier molecular flexibility index (Phi) is 4.80. The molecule has 102 valence electrons. The van der Waals surface area contributed by atoms with Gasteiger partial charge in [0.1, 0.15) is 11.5 Å². The third-order valence-corrected chi connectivity index (χ3v) is 3.31. The van der Waals surface area contributed by atoms with E-state index in [1.807, 2.05) is 0 Å². The first-order chi connectivity index (χ1) is 9.13. The minimum Gasteiger partial charge on any atom is -0.484 e. The minimum atomic E-state index is -0.167. The molecule has 1 aliphatic rings. The first-order valence-electron chi connectivity index (χ1n) is 6.33. The fourth-order valence-corrected chi connectivity index (χ4v) is 2.24. The van der Waals surface area contributed by atoms with Crippen LogP contribution in [0.1, 0.15) is 25.7 Å². The molecule has 0 bridgehead atoms. The van der Waals surface area contributed by atoms with Crippen LogP contribution in [-0.4, -0.2) is 24.3 Å². The lowest BCUT2D eigenvalue weighted by Crippen LogP contribution is -2.40. The Morgan fingerprint density at radius 3 is 2.79 bits per heavy atom. The molecule has 0 spiro atoms. The zero-order valence-corrected chi connectivity index (χ0v) is 11.3. The van der Waals surface area contributed by atoms with Gasteiger partial charge in [0.2, 0.25) is 0 Å². The Balaban J connectivity index is 1.74. The number of nitrogens with one attached hydrogen (secondary N) is 1. The predicted molar refractivity (Wildman–Crippen MR) is 72.4 cm³/mol. The molecule has 4 nitrogen and oxygen atoms in total. The molecule has 0 radical (unpaired) electrons. The topological polar surface area (TPSA) is 55.4 Å². The van der Waals surface area contributed by atoms with Crippen LogP contribution in [0.4, 0.5) is 0 Å². The Labute approximate surface area is 117 Å². The van der Waals surface area contributed by atoms with Gasteiger partial charge < -0.3 is 10.1 Å². The van der Waals surface area contributed by atoms with E-state index >= 15 is 0 Å². The van der Waals surface area contributed by atoms with Gasteiger partial charge in [-0.15, -0.1) is 0 Å². The van der Waals surface area contributed by atoms with Gasteiger partial charge in [0.15, 0.2) is 6.61 Å². The van der Waals surface area contributed by atoms with E-state index in [1.54, 1.807) is 24.3 Å². The molecule has 1 fully saturated rings. The monoisotopic (exact) mass is 281 g/mol. The van der Waals surface area contributed by atoms with Gasteiger partial charge in [0.05, 0.1) is 0 Å². The van der Waals surface area contributed by atoms with Crippen LogP contribution in [0.5, 0.6) is 5.75 Å². The summed E-state index contributed by atoms with van der Waals surface area (Å²) < 4.78 is 5.35. The van der Waals surface area contributed by atoms with Gasteiger partial charge in [-0.1, -0.05) is 17.7 Å². The lowest BCUT2D eigenvalue weighted by atomic mass is 9.94. The van der Waals surface area contributed by atoms with Crippen molar-refractivity contribution in [3.8, 4) is 5.75 Å². The summed E-state index contributed by atoms with van der Waals surface area (Å²) in [7, 11) is 0. The van der Waals surface area contributed by atoms with Crippen molar-refractivity contribution < 1.29 is 14.3 Å². The van der Waals surface area contributed by atoms with Crippen molar-refractivity contribution in [3.63, 3.8) is 0 Å². The van der Waals surface area contributed by atoms with E-state index in [0.717, 1.165) is 12.8 Å². The highest BCUT2D eigenvalue weighted by Crippen LogP contribution is 2.17. The van der Waals surface area contributed by atoms with Crippen LogP contribution in [0.3, 0.4) is 0 Å². The Bertz CT molecular complexity index is 466. The van der Waals surface area contributed by atoms with Crippen molar-refractivity contribution in [1.82, 2.24) is 5.32 Å². The molecule has 0 atom stereocenters. The van der Waals surface area contributed by atoms with E-state index in [9.17, 15) is 9.59 Å². The summed E-state index contributed by atoms with van der Waals surface area (Å²) in [6.45, 7) is -0.0369. The van der Waals surface area contributed by atoms with Gasteiger partial charge in [-0.05, 0) is 31.0 Å². The van der Waals surface area contributed by atoms with Gasteiger partial charge in [0, 0.05) is 23.9 Å². The first-order valence-corrected chi connectivity index (χ1v) is 6.71. The van der Waals surface area contributed by atoms with Crippen LogP contribution in [-0.2, 0) is 9.59 Å². The highest BCUT2D eigenvalue weighted by molar-refractivity contribution is 6.30. The summed E-state index contributed by atoms with van der Waals surface area (Å²) >= 11 is 5.82. The van der Waals surface area contributed by atoms with Gasteiger partial charge in [-0.3, -0.25) is 9.59 Å². The summed E-state index contributed by atoms with van der Waals surface area (Å²) in [5, 5.41) is 3.45. The summed E-state index contributed by atoms with van der Waals surface area (Å²) in [5.41, 5.74) is 0. The quantitative estimate of drug-likeness (QED) is 0.922. The summed E-state index contributed by atoms with van der Waals surface area (Å²) in [4.78, 5) is 22.8. The second kappa shape index (κ2) is 6.57. The molecule has 1 aromatic carbocycles. The maximum absolute atomic E-state index is 11.7.